The molecule has 1 N–H and O–H groups in total. The lowest BCUT2D eigenvalue weighted by molar-refractivity contribution is -0.120. The molecule has 0 spiro atoms. The Kier molecular flexibility index (Phi) is 5.12. The maximum absolute atomic E-state index is 12.4. The number of benzene rings is 1. The van der Waals surface area contributed by atoms with Gasteiger partial charge in [-0.2, -0.15) is 8.75 Å². The van der Waals surface area contributed by atoms with E-state index in [1.807, 2.05) is 44.0 Å². The van der Waals surface area contributed by atoms with Gasteiger partial charge in [-0.25, -0.2) is 0 Å². The monoisotopic (exact) mass is 362 g/mol. The van der Waals surface area contributed by atoms with Crippen molar-refractivity contribution < 1.29 is 4.79 Å². The zero-order valence-corrected chi connectivity index (χ0v) is 15.3. The van der Waals surface area contributed by atoms with Crippen LogP contribution in [0.5, 0.6) is 0 Å². The van der Waals surface area contributed by atoms with E-state index in [1.165, 1.54) is 23.1 Å². The standard InChI is InChI=1S/C15H18N6OS2/c1-4-13-17-18-15(23-13)16-14(22)9(2)21(3)8-10-5-6-11-12(7-10)20-24-19-11/h5-7,9H,4,8H2,1-3H3,(H,16,18,22). The molecular formula is C15H18N6OS2. The van der Waals surface area contributed by atoms with Crippen molar-refractivity contribution in [2.75, 3.05) is 12.4 Å². The maximum atomic E-state index is 12.4. The van der Waals surface area contributed by atoms with Gasteiger partial charge < -0.3 is 0 Å². The molecule has 1 atom stereocenters. The van der Waals surface area contributed by atoms with Crippen LogP contribution in [0.1, 0.15) is 24.4 Å². The lowest BCUT2D eigenvalue weighted by Gasteiger charge is -2.23. The topological polar surface area (TPSA) is 83.9 Å². The van der Waals surface area contributed by atoms with Crippen molar-refractivity contribution in [3.8, 4) is 0 Å². The number of carbonyl (C=O) groups excluding carboxylic acids is 1. The molecular weight excluding hydrogens is 344 g/mol. The van der Waals surface area contributed by atoms with E-state index in [1.54, 1.807) is 0 Å². The quantitative estimate of drug-likeness (QED) is 0.725. The van der Waals surface area contributed by atoms with Crippen molar-refractivity contribution in [2.45, 2.75) is 32.9 Å². The van der Waals surface area contributed by atoms with Crippen LogP contribution >= 0.6 is 23.1 Å². The molecule has 1 amide bonds. The Labute approximate surface area is 148 Å². The third-order valence-corrected chi connectivity index (χ3v) is 5.33. The van der Waals surface area contributed by atoms with Crippen LogP contribution in [0.4, 0.5) is 5.13 Å². The van der Waals surface area contributed by atoms with E-state index in [9.17, 15) is 4.79 Å². The van der Waals surface area contributed by atoms with Crippen LogP contribution in [0.15, 0.2) is 18.2 Å². The van der Waals surface area contributed by atoms with Crippen molar-refractivity contribution in [1.82, 2.24) is 23.8 Å². The van der Waals surface area contributed by atoms with E-state index >= 15 is 0 Å². The fourth-order valence-corrected chi connectivity index (χ4v) is 3.41. The first kappa shape index (κ1) is 16.9. The Balaban J connectivity index is 1.62. The first-order chi connectivity index (χ1) is 11.6. The summed E-state index contributed by atoms with van der Waals surface area (Å²) in [5.74, 6) is -0.0901. The molecule has 3 rings (SSSR count). The van der Waals surface area contributed by atoms with Gasteiger partial charge in [0.05, 0.1) is 17.8 Å². The number of fused-ring (bicyclic) bond motifs is 1. The summed E-state index contributed by atoms with van der Waals surface area (Å²) in [6, 6.07) is 5.70. The van der Waals surface area contributed by atoms with Gasteiger partial charge in [-0.1, -0.05) is 24.3 Å². The first-order valence-corrected chi connectivity index (χ1v) is 9.16. The summed E-state index contributed by atoms with van der Waals surface area (Å²) in [4.78, 5) is 14.4. The molecule has 2 aromatic heterocycles. The Morgan fingerprint density at radius 1 is 1.29 bits per heavy atom. The number of hydrogen-bond donors (Lipinski definition) is 1. The number of carbonyl (C=O) groups is 1. The summed E-state index contributed by atoms with van der Waals surface area (Å²) in [6.07, 6.45) is 0.816. The van der Waals surface area contributed by atoms with E-state index in [-0.39, 0.29) is 11.9 Å². The van der Waals surface area contributed by atoms with Crippen LogP contribution in [-0.4, -0.2) is 42.8 Å². The van der Waals surface area contributed by atoms with Crippen LogP contribution in [0.3, 0.4) is 0 Å². The highest BCUT2D eigenvalue weighted by Crippen LogP contribution is 2.18. The molecule has 0 aliphatic rings. The lowest BCUT2D eigenvalue weighted by atomic mass is 10.1. The smallest absolute Gasteiger partial charge is 0.243 e. The van der Waals surface area contributed by atoms with Gasteiger partial charge in [0.15, 0.2) is 0 Å². The maximum Gasteiger partial charge on any atom is 0.243 e. The zero-order valence-electron chi connectivity index (χ0n) is 13.7. The van der Waals surface area contributed by atoms with Crippen LogP contribution in [-0.2, 0) is 17.8 Å². The second kappa shape index (κ2) is 7.29. The van der Waals surface area contributed by atoms with Crippen molar-refractivity contribution in [2.24, 2.45) is 0 Å². The van der Waals surface area contributed by atoms with E-state index in [2.05, 4.69) is 24.3 Å². The van der Waals surface area contributed by atoms with Gasteiger partial charge in [-0.15, -0.1) is 10.2 Å². The van der Waals surface area contributed by atoms with E-state index in [0.29, 0.717) is 11.7 Å². The molecule has 0 saturated heterocycles. The Bertz CT molecular complexity index is 845. The van der Waals surface area contributed by atoms with Crippen molar-refractivity contribution in [3.63, 3.8) is 0 Å². The normalized spacial score (nSPS) is 12.7. The Hall–Kier alpha value is -1.97. The second-order valence-corrected chi connectivity index (χ2v) is 7.11. The number of likely N-dealkylation sites (N-methyl/N-ethyl adjacent to an activating group) is 1. The summed E-state index contributed by atoms with van der Waals surface area (Å²) < 4.78 is 8.45. The van der Waals surface area contributed by atoms with E-state index in [4.69, 9.17) is 0 Å². The average Bonchev–Trinajstić information content (AvgIpc) is 3.22. The van der Waals surface area contributed by atoms with Crippen LogP contribution in [0, 0.1) is 0 Å². The number of nitrogens with zero attached hydrogens (tertiary/aromatic N) is 5. The molecule has 24 heavy (non-hydrogen) atoms. The largest absolute Gasteiger partial charge is 0.299 e. The zero-order chi connectivity index (χ0) is 17.1. The fraction of sp³-hybridized carbons (Fsp3) is 0.400. The highest BCUT2D eigenvalue weighted by molar-refractivity contribution is 7.15. The molecule has 0 bridgehead atoms. The number of rotatable bonds is 6. The van der Waals surface area contributed by atoms with Crippen LogP contribution in [0.25, 0.3) is 11.0 Å². The van der Waals surface area contributed by atoms with Gasteiger partial charge in [-0.05, 0) is 38.1 Å². The average molecular weight is 362 g/mol. The molecule has 9 heteroatoms. The van der Waals surface area contributed by atoms with Crippen molar-refractivity contribution in [1.29, 1.82) is 0 Å². The summed E-state index contributed by atoms with van der Waals surface area (Å²) in [7, 11) is 1.92. The van der Waals surface area contributed by atoms with Gasteiger partial charge in [0.2, 0.25) is 11.0 Å². The molecule has 1 unspecified atom stereocenters. The predicted octanol–water partition coefficient (Wildman–Crippen LogP) is 2.56. The Morgan fingerprint density at radius 2 is 2.08 bits per heavy atom. The van der Waals surface area contributed by atoms with Crippen molar-refractivity contribution >= 4 is 45.1 Å². The fourth-order valence-electron chi connectivity index (χ4n) is 2.21. The van der Waals surface area contributed by atoms with Gasteiger partial charge in [0.1, 0.15) is 16.0 Å². The molecule has 7 nitrogen and oxygen atoms in total. The minimum Gasteiger partial charge on any atom is -0.299 e. The third-order valence-electron chi connectivity index (χ3n) is 3.79. The molecule has 2 heterocycles. The Morgan fingerprint density at radius 3 is 2.83 bits per heavy atom. The lowest BCUT2D eigenvalue weighted by Crippen LogP contribution is -2.39. The second-order valence-electron chi connectivity index (χ2n) is 5.52. The van der Waals surface area contributed by atoms with Gasteiger partial charge >= 0.3 is 0 Å². The van der Waals surface area contributed by atoms with Crippen molar-refractivity contribution in [3.05, 3.63) is 28.8 Å². The minimum atomic E-state index is -0.289. The first-order valence-electron chi connectivity index (χ1n) is 7.61. The molecule has 0 saturated carbocycles. The van der Waals surface area contributed by atoms with Gasteiger partial charge in [0.25, 0.3) is 0 Å². The van der Waals surface area contributed by atoms with Gasteiger partial charge in [0, 0.05) is 6.54 Å². The van der Waals surface area contributed by atoms with E-state index in [0.717, 1.165) is 28.0 Å². The number of nitrogens with one attached hydrogen (secondary N) is 1. The summed E-state index contributed by atoms with van der Waals surface area (Å²) in [5.41, 5.74) is 2.89. The molecule has 0 aliphatic carbocycles. The highest BCUT2D eigenvalue weighted by Gasteiger charge is 2.20. The number of aromatic nitrogens is 4. The molecule has 0 fully saturated rings. The summed E-state index contributed by atoms with van der Waals surface area (Å²) in [5, 5.41) is 12.3. The number of aryl methyl sites for hydroxylation is 1. The summed E-state index contributed by atoms with van der Waals surface area (Å²) >= 11 is 2.62. The number of hydrogen-bond acceptors (Lipinski definition) is 8. The summed E-state index contributed by atoms with van der Waals surface area (Å²) in [6.45, 7) is 4.54. The van der Waals surface area contributed by atoms with Crippen LogP contribution in [0.2, 0.25) is 0 Å². The van der Waals surface area contributed by atoms with E-state index < -0.39 is 0 Å². The SMILES string of the molecule is CCc1nnc(NC(=O)C(C)N(C)Cc2ccc3nsnc3c2)s1. The van der Waals surface area contributed by atoms with Crippen LogP contribution < -0.4 is 5.32 Å². The molecule has 1 aromatic carbocycles. The number of amides is 1. The third kappa shape index (κ3) is 3.74. The molecule has 0 aliphatic heterocycles. The highest BCUT2D eigenvalue weighted by atomic mass is 32.1. The molecule has 126 valence electrons. The molecule has 0 radical (unpaired) electrons. The minimum absolute atomic E-state index is 0.0901. The molecule has 3 aromatic rings. The number of anilines is 1. The predicted molar refractivity (Wildman–Crippen MR) is 96.3 cm³/mol. The van der Waals surface area contributed by atoms with Gasteiger partial charge in [-0.3, -0.25) is 15.0 Å².